The van der Waals surface area contributed by atoms with Crippen molar-refractivity contribution in [2.24, 2.45) is 0 Å². The molecule has 0 atom stereocenters. The average Bonchev–Trinajstić information content (AvgIpc) is 2.96. The third-order valence-electron chi connectivity index (χ3n) is 3.30. The summed E-state index contributed by atoms with van der Waals surface area (Å²) in [5, 5.41) is 5.74. The Bertz CT molecular complexity index is 942. The van der Waals surface area contributed by atoms with Crippen molar-refractivity contribution in [3.63, 3.8) is 0 Å². The smallest absolute Gasteiger partial charge is 0.226 e. The number of nitrogens with zero attached hydrogens (tertiary/aromatic N) is 3. The highest BCUT2D eigenvalue weighted by molar-refractivity contribution is 6.28. The number of hydrogen-bond acceptors (Lipinski definition) is 4. The molecule has 6 heteroatoms. The molecular weight excluding hydrogens is 286 g/mol. The summed E-state index contributed by atoms with van der Waals surface area (Å²) in [7, 11) is 0. The van der Waals surface area contributed by atoms with Crippen molar-refractivity contribution in [2.75, 3.05) is 5.32 Å². The highest BCUT2D eigenvalue weighted by Crippen LogP contribution is 2.28. The molecule has 5 nitrogen and oxygen atoms in total. The van der Waals surface area contributed by atoms with Gasteiger partial charge in [-0.1, -0.05) is 36.4 Å². The van der Waals surface area contributed by atoms with Gasteiger partial charge in [0.15, 0.2) is 11.5 Å². The van der Waals surface area contributed by atoms with E-state index in [1.807, 2.05) is 24.3 Å². The molecule has 2 aromatic heterocycles. The number of imidazole rings is 1. The van der Waals surface area contributed by atoms with Gasteiger partial charge in [-0.25, -0.2) is 4.98 Å². The van der Waals surface area contributed by atoms with E-state index in [2.05, 4.69) is 43.5 Å². The molecule has 4 rings (SSSR count). The summed E-state index contributed by atoms with van der Waals surface area (Å²) in [5.41, 5.74) is 2.23. The summed E-state index contributed by atoms with van der Waals surface area (Å²) in [4.78, 5) is 15.5. The molecule has 0 saturated carbocycles. The van der Waals surface area contributed by atoms with Crippen LogP contribution in [0.15, 0.2) is 48.8 Å². The summed E-state index contributed by atoms with van der Waals surface area (Å²) < 4.78 is 0. The summed E-state index contributed by atoms with van der Waals surface area (Å²) in [6.45, 7) is 0. The minimum atomic E-state index is 0.164. The summed E-state index contributed by atoms with van der Waals surface area (Å²) in [5.74, 6) is 0.610. The lowest BCUT2D eigenvalue weighted by Crippen LogP contribution is -1.97. The third kappa shape index (κ3) is 2.08. The molecule has 0 spiro atoms. The van der Waals surface area contributed by atoms with Crippen molar-refractivity contribution in [3.05, 3.63) is 54.1 Å². The van der Waals surface area contributed by atoms with Crippen molar-refractivity contribution >= 4 is 45.0 Å². The molecule has 0 unspecified atom stereocenters. The van der Waals surface area contributed by atoms with Crippen LogP contribution in [-0.2, 0) is 0 Å². The molecule has 2 heterocycles. The molecule has 0 bridgehead atoms. The first kappa shape index (κ1) is 12.1. The van der Waals surface area contributed by atoms with Gasteiger partial charge in [0.05, 0.1) is 6.33 Å². The van der Waals surface area contributed by atoms with E-state index < -0.39 is 0 Å². The first-order chi connectivity index (χ1) is 10.3. The Kier molecular flexibility index (Phi) is 2.72. The maximum absolute atomic E-state index is 5.95. The predicted octanol–water partition coefficient (Wildman–Crippen LogP) is 3.90. The Balaban J connectivity index is 1.89. The van der Waals surface area contributed by atoms with Gasteiger partial charge in [-0.15, -0.1) is 0 Å². The van der Waals surface area contributed by atoms with Gasteiger partial charge in [-0.2, -0.15) is 9.97 Å². The summed E-state index contributed by atoms with van der Waals surface area (Å²) in [6.07, 6.45) is 1.57. The van der Waals surface area contributed by atoms with Crippen LogP contribution >= 0.6 is 11.6 Å². The number of benzene rings is 2. The zero-order valence-electron chi connectivity index (χ0n) is 10.8. The number of aromatic amines is 1. The van der Waals surface area contributed by atoms with E-state index in [9.17, 15) is 0 Å². The molecule has 0 fully saturated rings. The van der Waals surface area contributed by atoms with Crippen LogP contribution in [0.2, 0.25) is 5.28 Å². The van der Waals surface area contributed by atoms with Gasteiger partial charge >= 0.3 is 0 Å². The lowest BCUT2D eigenvalue weighted by Gasteiger charge is -2.09. The van der Waals surface area contributed by atoms with Crippen LogP contribution in [0.25, 0.3) is 21.9 Å². The number of halogens is 1. The molecule has 0 aliphatic rings. The first-order valence-corrected chi connectivity index (χ1v) is 6.80. The zero-order valence-corrected chi connectivity index (χ0v) is 11.6. The standard InChI is InChI=1S/C15H10ClN5/c16-15-20-13-12(17-8-18-13)14(21-15)19-11-7-3-5-9-4-1-2-6-10(9)11/h1-8H,(H2,17,18,19,20,21). The monoisotopic (exact) mass is 295 g/mol. The van der Waals surface area contributed by atoms with Gasteiger partial charge in [0.2, 0.25) is 5.28 Å². The van der Waals surface area contributed by atoms with Gasteiger partial charge < -0.3 is 10.3 Å². The molecular formula is C15H10ClN5. The zero-order chi connectivity index (χ0) is 14.2. The Hall–Kier alpha value is -2.66. The van der Waals surface area contributed by atoms with Crippen molar-refractivity contribution < 1.29 is 0 Å². The van der Waals surface area contributed by atoms with Gasteiger partial charge in [0, 0.05) is 11.1 Å². The fraction of sp³-hybridized carbons (Fsp3) is 0. The van der Waals surface area contributed by atoms with Crippen LogP contribution in [0, 0.1) is 0 Å². The largest absolute Gasteiger partial charge is 0.340 e. The molecule has 21 heavy (non-hydrogen) atoms. The van der Waals surface area contributed by atoms with Crippen molar-refractivity contribution in [3.8, 4) is 0 Å². The number of nitrogens with one attached hydrogen (secondary N) is 2. The van der Waals surface area contributed by atoms with Gasteiger partial charge in [0.1, 0.15) is 5.52 Å². The molecule has 0 amide bonds. The second-order valence-electron chi connectivity index (χ2n) is 4.59. The Morgan fingerprint density at radius 1 is 1.00 bits per heavy atom. The van der Waals surface area contributed by atoms with Crippen molar-refractivity contribution in [1.29, 1.82) is 0 Å². The highest BCUT2D eigenvalue weighted by Gasteiger charge is 2.10. The van der Waals surface area contributed by atoms with E-state index in [0.29, 0.717) is 11.5 Å². The number of rotatable bonds is 2. The van der Waals surface area contributed by atoms with Crippen LogP contribution in [-0.4, -0.2) is 19.9 Å². The second kappa shape index (κ2) is 4.71. The number of H-pyrrole nitrogens is 1. The molecule has 0 aliphatic heterocycles. The molecule has 0 saturated heterocycles. The van der Waals surface area contributed by atoms with E-state index in [1.54, 1.807) is 6.33 Å². The SMILES string of the molecule is Clc1nc(Nc2cccc3ccccc23)c2[nH]cnc2n1. The number of anilines is 2. The fourth-order valence-corrected chi connectivity index (χ4v) is 2.52. The molecule has 0 radical (unpaired) electrons. The Morgan fingerprint density at radius 2 is 1.86 bits per heavy atom. The van der Waals surface area contributed by atoms with Crippen LogP contribution in [0.5, 0.6) is 0 Å². The molecule has 0 aliphatic carbocycles. The maximum Gasteiger partial charge on any atom is 0.226 e. The van der Waals surface area contributed by atoms with Gasteiger partial charge in [-0.05, 0) is 23.1 Å². The minimum Gasteiger partial charge on any atom is -0.340 e. The van der Waals surface area contributed by atoms with Crippen LogP contribution in [0.1, 0.15) is 0 Å². The minimum absolute atomic E-state index is 0.164. The highest BCUT2D eigenvalue weighted by atomic mass is 35.5. The molecule has 102 valence electrons. The van der Waals surface area contributed by atoms with Crippen LogP contribution in [0.3, 0.4) is 0 Å². The molecule has 2 aromatic carbocycles. The first-order valence-electron chi connectivity index (χ1n) is 6.43. The van der Waals surface area contributed by atoms with Crippen LogP contribution in [0.4, 0.5) is 11.5 Å². The molecule has 4 aromatic rings. The van der Waals surface area contributed by atoms with Gasteiger partial charge in [0.25, 0.3) is 0 Å². The fourth-order valence-electron chi connectivity index (χ4n) is 2.36. The lowest BCUT2D eigenvalue weighted by molar-refractivity contribution is 1.20. The second-order valence-corrected chi connectivity index (χ2v) is 4.93. The summed E-state index contributed by atoms with van der Waals surface area (Å²) in [6, 6.07) is 14.2. The summed E-state index contributed by atoms with van der Waals surface area (Å²) >= 11 is 5.95. The topological polar surface area (TPSA) is 66.5 Å². The average molecular weight is 296 g/mol. The predicted molar refractivity (Wildman–Crippen MR) is 83.9 cm³/mol. The number of hydrogen-bond donors (Lipinski definition) is 2. The van der Waals surface area contributed by atoms with E-state index in [4.69, 9.17) is 11.6 Å². The van der Waals surface area contributed by atoms with E-state index in [-0.39, 0.29) is 5.28 Å². The third-order valence-corrected chi connectivity index (χ3v) is 3.47. The number of fused-ring (bicyclic) bond motifs is 2. The Labute approximate surface area is 125 Å². The normalized spacial score (nSPS) is 11.1. The quantitative estimate of drug-likeness (QED) is 0.550. The number of aromatic nitrogens is 4. The lowest BCUT2D eigenvalue weighted by atomic mass is 10.1. The van der Waals surface area contributed by atoms with Gasteiger partial charge in [-0.3, -0.25) is 0 Å². The Morgan fingerprint density at radius 3 is 2.81 bits per heavy atom. The maximum atomic E-state index is 5.95. The van der Waals surface area contributed by atoms with E-state index in [1.165, 1.54) is 0 Å². The van der Waals surface area contributed by atoms with E-state index in [0.717, 1.165) is 22.0 Å². The van der Waals surface area contributed by atoms with Crippen LogP contribution < -0.4 is 5.32 Å². The van der Waals surface area contributed by atoms with E-state index >= 15 is 0 Å². The molecule has 2 N–H and O–H groups in total. The van der Waals surface area contributed by atoms with Crippen molar-refractivity contribution in [1.82, 2.24) is 19.9 Å². The van der Waals surface area contributed by atoms with Crippen molar-refractivity contribution in [2.45, 2.75) is 0 Å².